The number of amides is 2. The van der Waals surface area contributed by atoms with Crippen LogP contribution in [0.1, 0.15) is 37.3 Å². The van der Waals surface area contributed by atoms with Crippen LogP contribution in [0.3, 0.4) is 0 Å². The lowest BCUT2D eigenvalue weighted by Gasteiger charge is -2.23. The number of methoxy groups -OCH3 is 1. The molecule has 0 radical (unpaired) electrons. The summed E-state index contributed by atoms with van der Waals surface area (Å²) in [5.74, 6) is 0.135. The molecule has 4 rings (SSSR count). The fourth-order valence-corrected chi connectivity index (χ4v) is 3.53. The standard InChI is InChI=1S/C22H24FN3O3/c1-29-19-13-17(10-11-18(19)26-12-2-3-20(26)27)24-21(22(28)25-16-8-9-16)14-4-6-15(23)7-5-14/h4-7,10-11,13,16,21,24H,2-3,8-9,12H2,1H3,(H,25,28). The molecule has 2 fully saturated rings. The third-order valence-corrected chi connectivity index (χ3v) is 5.24. The van der Waals surface area contributed by atoms with Gasteiger partial charge in [-0.3, -0.25) is 9.59 Å². The molecule has 1 saturated carbocycles. The number of nitrogens with one attached hydrogen (secondary N) is 2. The van der Waals surface area contributed by atoms with E-state index in [0.717, 1.165) is 24.9 Å². The van der Waals surface area contributed by atoms with Crippen molar-refractivity contribution in [2.24, 2.45) is 0 Å². The lowest BCUT2D eigenvalue weighted by atomic mass is 10.1. The van der Waals surface area contributed by atoms with E-state index in [2.05, 4.69) is 10.6 Å². The highest BCUT2D eigenvalue weighted by Crippen LogP contribution is 2.35. The van der Waals surface area contributed by atoms with Crippen molar-refractivity contribution in [3.8, 4) is 5.75 Å². The van der Waals surface area contributed by atoms with Gasteiger partial charge in [-0.2, -0.15) is 0 Å². The van der Waals surface area contributed by atoms with E-state index in [4.69, 9.17) is 4.74 Å². The summed E-state index contributed by atoms with van der Waals surface area (Å²) in [5.41, 5.74) is 2.07. The summed E-state index contributed by atoms with van der Waals surface area (Å²) in [6, 6.07) is 10.9. The molecular formula is C22H24FN3O3. The smallest absolute Gasteiger partial charge is 0.247 e. The van der Waals surface area contributed by atoms with Crippen molar-refractivity contribution in [2.75, 3.05) is 23.9 Å². The highest BCUT2D eigenvalue weighted by molar-refractivity contribution is 5.97. The third kappa shape index (κ3) is 4.34. The van der Waals surface area contributed by atoms with E-state index >= 15 is 0 Å². The minimum Gasteiger partial charge on any atom is -0.494 e. The Kier molecular flexibility index (Phi) is 5.38. The molecule has 1 aliphatic heterocycles. The highest BCUT2D eigenvalue weighted by atomic mass is 19.1. The van der Waals surface area contributed by atoms with Crippen molar-refractivity contribution in [1.82, 2.24) is 5.32 Å². The van der Waals surface area contributed by atoms with Gasteiger partial charge in [-0.15, -0.1) is 0 Å². The fraction of sp³-hybridized carbons (Fsp3) is 0.364. The second kappa shape index (κ2) is 8.11. The molecule has 0 aromatic heterocycles. The Morgan fingerprint density at radius 2 is 1.97 bits per heavy atom. The van der Waals surface area contributed by atoms with Crippen LogP contribution in [0.4, 0.5) is 15.8 Å². The number of rotatable bonds is 7. The van der Waals surface area contributed by atoms with Crippen LogP contribution < -0.4 is 20.3 Å². The van der Waals surface area contributed by atoms with Crippen molar-refractivity contribution >= 4 is 23.2 Å². The van der Waals surface area contributed by atoms with Crippen molar-refractivity contribution in [3.05, 3.63) is 53.8 Å². The van der Waals surface area contributed by atoms with E-state index in [-0.39, 0.29) is 23.7 Å². The Morgan fingerprint density at radius 3 is 2.59 bits per heavy atom. The minimum absolute atomic E-state index is 0.0806. The van der Waals surface area contributed by atoms with Gasteiger partial charge in [-0.05, 0) is 49.1 Å². The number of carbonyl (C=O) groups excluding carboxylic acids is 2. The molecule has 6 nitrogen and oxygen atoms in total. The van der Waals surface area contributed by atoms with Crippen molar-refractivity contribution in [1.29, 1.82) is 0 Å². The number of ether oxygens (including phenoxy) is 1. The van der Waals surface area contributed by atoms with E-state index < -0.39 is 6.04 Å². The summed E-state index contributed by atoms with van der Waals surface area (Å²) in [4.78, 5) is 26.6. The first-order chi connectivity index (χ1) is 14.0. The Balaban J connectivity index is 1.59. The molecule has 2 amide bonds. The predicted molar refractivity (Wildman–Crippen MR) is 109 cm³/mol. The van der Waals surface area contributed by atoms with Gasteiger partial charge in [0.15, 0.2) is 0 Å². The first-order valence-electron chi connectivity index (χ1n) is 9.86. The summed E-state index contributed by atoms with van der Waals surface area (Å²) in [6.07, 6.45) is 3.33. The zero-order chi connectivity index (χ0) is 20.4. The largest absolute Gasteiger partial charge is 0.494 e. The molecule has 2 aromatic rings. The fourth-order valence-electron chi connectivity index (χ4n) is 3.53. The summed E-state index contributed by atoms with van der Waals surface area (Å²) in [5, 5.41) is 6.23. The van der Waals surface area contributed by atoms with Crippen LogP contribution in [0.5, 0.6) is 5.75 Å². The number of nitrogens with zero attached hydrogens (tertiary/aromatic N) is 1. The normalized spacial score (nSPS) is 17.2. The molecule has 152 valence electrons. The molecule has 0 bridgehead atoms. The molecule has 1 heterocycles. The molecule has 2 N–H and O–H groups in total. The molecule has 2 aliphatic rings. The van der Waals surface area contributed by atoms with Gasteiger partial charge in [0.1, 0.15) is 17.6 Å². The molecule has 1 atom stereocenters. The molecule has 1 unspecified atom stereocenters. The van der Waals surface area contributed by atoms with Gasteiger partial charge in [0.05, 0.1) is 12.8 Å². The minimum atomic E-state index is -0.667. The van der Waals surface area contributed by atoms with Gasteiger partial charge in [0.25, 0.3) is 0 Å². The van der Waals surface area contributed by atoms with E-state index in [1.165, 1.54) is 12.1 Å². The maximum absolute atomic E-state index is 13.4. The van der Waals surface area contributed by atoms with Crippen molar-refractivity contribution < 1.29 is 18.7 Å². The Morgan fingerprint density at radius 1 is 1.21 bits per heavy atom. The first-order valence-corrected chi connectivity index (χ1v) is 9.86. The lowest BCUT2D eigenvalue weighted by Crippen LogP contribution is -2.34. The Bertz CT molecular complexity index is 912. The average Bonchev–Trinajstić information content (AvgIpc) is 3.44. The van der Waals surface area contributed by atoms with Gasteiger partial charge >= 0.3 is 0 Å². The van der Waals surface area contributed by atoms with Gasteiger partial charge in [-0.1, -0.05) is 12.1 Å². The Labute approximate surface area is 169 Å². The van der Waals surface area contributed by atoms with Crippen LogP contribution in [0.15, 0.2) is 42.5 Å². The second-order valence-electron chi connectivity index (χ2n) is 7.45. The van der Waals surface area contributed by atoms with Crippen LogP contribution in [0, 0.1) is 5.82 Å². The number of benzene rings is 2. The monoisotopic (exact) mass is 397 g/mol. The van der Waals surface area contributed by atoms with Crippen LogP contribution in [-0.4, -0.2) is 31.5 Å². The number of hydrogen-bond donors (Lipinski definition) is 2. The Hall–Kier alpha value is -3.09. The molecule has 7 heteroatoms. The number of carbonyl (C=O) groups is 2. The van der Waals surface area contributed by atoms with E-state index in [1.54, 1.807) is 30.2 Å². The third-order valence-electron chi connectivity index (χ3n) is 5.24. The number of anilines is 2. The molecule has 2 aromatic carbocycles. The van der Waals surface area contributed by atoms with E-state index in [0.29, 0.717) is 30.0 Å². The first kappa shape index (κ1) is 19.2. The molecular weight excluding hydrogens is 373 g/mol. The van der Waals surface area contributed by atoms with Gasteiger partial charge < -0.3 is 20.3 Å². The van der Waals surface area contributed by atoms with Gasteiger partial charge in [0.2, 0.25) is 11.8 Å². The van der Waals surface area contributed by atoms with E-state index in [1.807, 2.05) is 12.1 Å². The summed E-state index contributed by atoms with van der Waals surface area (Å²) in [7, 11) is 1.56. The highest BCUT2D eigenvalue weighted by Gasteiger charge is 2.29. The van der Waals surface area contributed by atoms with Crippen molar-refractivity contribution in [2.45, 2.75) is 37.8 Å². The van der Waals surface area contributed by atoms with Crippen LogP contribution >= 0.6 is 0 Å². The topological polar surface area (TPSA) is 70.7 Å². The summed E-state index contributed by atoms with van der Waals surface area (Å²) in [6.45, 7) is 0.671. The average molecular weight is 397 g/mol. The molecule has 1 aliphatic carbocycles. The van der Waals surface area contributed by atoms with E-state index in [9.17, 15) is 14.0 Å². The number of halogens is 1. The predicted octanol–water partition coefficient (Wildman–Crippen LogP) is 3.39. The maximum Gasteiger partial charge on any atom is 0.247 e. The molecule has 1 saturated heterocycles. The SMILES string of the molecule is COc1cc(NC(C(=O)NC2CC2)c2ccc(F)cc2)ccc1N1CCCC1=O. The molecule has 0 spiro atoms. The second-order valence-corrected chi connectivity index (χ2v) is 7.45. The van der Waals surface area contributed by atoms with Gasteiger partial charge in [-0.25, -0.2) is 4.39 Å². The zero-order valence-corrected chi connectivity index (χ0v) is 16.3. The quantitative estimate of drug-likeness (QED) is 0.751. The van der Waals surface area contributed by atoms with Crippen LogP contribution in [0.25, 0.3) is 0 Å². The van der Waals surface area contributed by atoms with Gasteiger partial charge in [0, 0.05) is 30.8 Å². The lowest BCUT2D eigenvalue weighted by molar-refractivity contribution is -0.122. The van der Waals surface area contributed by atoms with Crippen LogP contribution in [-0.2, 0) is 9.59 Å². The van der Waals surface area contributed by atoms with Crippen molar-refractivity contribution in [3.63, 3.8) is 0 Å². The maximum atomic E-state index is 13.4. The zero-order valence-electron chi connectivity index (χ0n) is 16.3. The molecule has 29 heavy (non-hydrogen) atoms. The summed E-state index contributed by atoms with van der Waals surface area (Å²) >= 11 is 0. The number of hydrogen-bond acceptors (Lipinski definition) is 4. The van der Waals surface area contributed by atoms with Crippen LogP contribution in [0.2, 0.25) is 0 Å². The summed E-state index contributed by atoms with van der Waals surface area (Å²) < 4.78 is 18.9.